The summed E-state index contributed by atoms with van der Waals surface area (Å²) >= 11 is 0. The Bertz CT molecular complexity index is 559. The van der Waals surface area contributed by atoms with E-state index in [1.807, 2.05) is 0 Å². The first-order valence-electron chi connectivity index (χ1n) is 6.70. The summed E-state index contributed by atoms with van der Waals surface area (Å²) in [5, 5.41) is 7.69. The standard InChI is InChI=1S/C14H17N3O4/c1-2-15-13(19)8-16-12(18)7-11-14(20)17-9-5-3-4-6-10(9)21-11/h3-6,11H,2,7-8H2,1H3,(H,15,19)(H,16,18)(H,17,20)/t11-/m0/s1. The Morgan fingerprint density at radius 1 is 1.24 bits per heavy atom. The predicted molar refractivity (Wildman–Crippen MR) is 75.8 cm³/mol. The second-order valence-electron chi connectivity index (χ2n) is 4.53. The lowest BCUT2D eigenvalue weighted by Gasteiger charge is -2.25. The van der Waals surface area contributed by atoms with E-state index in [-0.39, 0.29) is 24.8 Å². The van der Waals surface area contributed by atoms with Gasteiger partial charge in [0, 0.05) is 6.54 Å². The maximum atomic E-state index is 11.8. The molecule has 112 valence electrons. The van der Waals surface area contributed by atoms with Crippen LogP contribution in [0.15, 0.2) is 24.3 Å². The molecule has 1 aromatic carbocycles. The number of rotatable bonds is 5. The van der Waals surface area contributed by atoms with Gasteiger partial charge in [0.1, 0.15) is 5.75 Å². The molecule has 1 heterocycles. The summed E-state index contributed by atoms with van der Waals surface area (Å²) < 4.78 is 5.50. The fraction of sp³-hybridized carbons (Fsp3) is 0.357. The zero-order valence-corrected chi connectivity index (χ0v) is 11.6. The molecule has 1 aromatic rings. The number of ether oxygens (including phenoxy) is 1. The Balaban J connectivity index is 1.87. The third-order valence-corrected chi connectivity index (χ3v) is 2.90. The topological polar surface area (TPSA) is 96.5 Å². The molecule has 0 saturated carbocycles. The highest BCUT2D eigenvalue weighted by molar-refractivity contribution is 6.00. The van der Waals surface area contributed by atoms with Crippen LogP contribution in [0.4, 0.5) is 5.69 Å². The molecule has 0 aliphatic carbocycles. The number of nitrogens with one attached hydrogen (secondary N) is 3. The van der Waals surface area contributed by atoms with Crippen molar-refractivity contribution >= 4 is 23.4 Å². The van der Waals surface area contributed by atoms with Crippen LogP contribution in [0.5, 0.6) is 5.75 Å². The molecule has 3 amide bonds. The highest BCUT2D eigenvalue weighted by Crippen LogP contribution is 2.29. The van der Waals surface area contributed by atoms with E-state index >= 15 is 0 Å². The summed E-state index contributed by atoms with van der Waals surface area (Å²) in [6.07, 6.45) is -1.03. The fourth-order valence-corrected chi connectivity index (χ4v) is 1.91. The summed E-state index contributed by atoms with van der Waals surface area (Å²) in [6.45, 7) is 2.18. The van der Waals surface area contributed by atoms with Crippen molar-refractivity contribution in [3.63, 3.8) is 0 Å². The van der Waals surface area contributed by atoms with Crippen LogP contribution >= 0.6 is 0 Å². The number of anilines is 1. The van der Waals surface area contributed by atoms with Crippen LogP contribution in [0, 0.1) is 0 Å². The first-order chi connectivity index (χ1) is 10.1. The zero-order valence-electron chi connectivity index (χ0n) is 11.6. The number of hydrogen-bond donors (Lipinski definition) is 3. The molecule has 1 atom stereocenters. The summed E-state index contributed by atoms with van der Waals surface area (Å²) in [7, 11) is 0. The minimum Gasteiger partial charge on any atom is -0.478 e. The van der Waals surface area contributed by atoms with Crippen molar-refractivity contribution in [2.45, 2.75) is 19.4 Å². The quantitative estimate of drug-likeness (QED) is 0.713. The number of amides is 3. The molecule has 0 aromatic heterocycles. The van der Waals surface area contributed by atoms with Crippen LogP contribution in [0.2, 0.25) is 0 Å². The van der Waals surface area contributed by atoms with Crippen molar-refractivity contribution in [1.82, 2.24) is 10.6 Å². The van der Waals surface area contributed by atoms with E-state index in [0.717, 1.165) is 0 Å². The van der Waals surface area contributed by atoms with Crippen LogP contribution in [0.1, 0.15) is 13.3 Å². The van der Waals surface area contributed by atoms with Crippen LogP contribution in [-0.4, -0.2) is 36.9 Å². The molecule has 0 saturated heterocycles. The van der Waals surface area contributed by atoms with E-state index in [2.05, 4.69) is 16.0 Å². The SMILES string of the molecule is CCNC(=O)CNC(=O)C[C@@H]1Oc2ccccc2NC1=O. The van der Waals surface area contributed by atoms with Crippen molar-refractivity contribution in [3.05, 3.63) is 24.3 Å². The normalized spacial score (nSPS) is 16.2. The molecule has 7 nitrogen and oxygen atoms in total. The Morgan fingerprint density at radius 3 is 2.76 bits per heavy atom. The third kappa shape index (κ3) is 3.95. The van der Waals surface area contributed by atoms with Crippen LogP contribution in [0.3, 0.4) is 0 Å². The molecule has 0 fully saturated rings. The molecule has 3 N–H and O–H groups in total. The number of fused-ring (bicyclic) bond motifs is 1. The predicted octanol–water partition coefficient (Wildman–Crippen LogP) is 0.0285. The van der Waals surface area contributed by atoms with Gasteiger partial charge >= 0.3 is 0 Å². The first-order valence-corrected chi connectivity index (χ1v) is 6.70. The lowest BCUT2D eigenvalue weighted by Crippen LogP contribution is -2.43. The molecule has 0 bridgehead atoms. The molecule has 2 rings (SSSR count). The van der Waals surface area contributed by atoms with E-state index in [1.165, 1.54) is 0 Å². The van der Waals surface area contributed by atoms with Gasteiger partial charge in [-0.2, -0.15) is 0 Å². The molecular weight excluding hydrogens is 274 g/mol. The van der Waals surface area contributed by atoms with E-state index in [4.69, 9.17) is 4.74 Å². The lowest BCUT2D eigenvalue weighted by molar-refractivity contribution is -0.131. The molecule has 0 spiro atoms. The average molecular weight is 291 g/mol. The Labute approximate surface area is 122 Å². The second-order valence-corrected chi connectivity index (χ2v) is 4.53. The Morgan fingerprint density at radius 2 is 2.00 bits per heavy atom. The minimum atomic E-state index is -0.894. The molecule has 1 aliphatic heterocycles. The van der Waals surface area contributed by atoms with Gasteiger partial charge in [0.05, 0.1) is 18.7 Å². The van der Waals surface area contributed by atoms with Crippen molar-refractivity contribution in [1.29, 1.82) is 0 Å². The number of carbonyl (C=O) groups is 3. The monoisotopic (exact) mass is 291 g/mol. The van der Waals surface area contributed by atoms with E-state index in [9.17, 15) is 14.4 Å². The van der Waals surface area contributed by atoms with Gasteiger partial charge in [0.2, 0.25) is 11.8 Å². The minimum absolute atomic E-state index is 0.113. The largest absolute Gasteiger partial charge is 0.478 e. The average Bonchev–Trinajstić information content (AvgIpc) is 2.46. The highest BCUT2D eigenvalue weighted by atomic mass is 16.5. The van der Waals surface area contributed by atoms with Crippen molar-refractivity contribution in [3.8, 4) is 5.75 Å². The number of carbonyl (C=O) groups excluding carboxylic acids is 3. The van der Waals surface area contributed by atoms with Gasteiger partial charge < -0.3 is 20.7 Å². The molecule has 0 radical (unpaired) electrons. The molecular formula is C14H17N3O4. The van der Waals surface area contributed by atoms with Crippen molar-refractivity contribution in [2.24, 2.45) is 0 Å². The Kier molecular flexibility index (Phi) is 4.76. The fourth-order valence-electron chi connectivity index (χ4n) is 1.91. The van der Waals surface area contributed by atoms with Crippen molar-refractivity contribution in [2.75, 3.05) is 18.4 Å². The lowest BCUT2D eigenvalue weighted by atomic mass is 10.1. The van der Waals surface area contributed by atoms with Crippen molar-refractivity contribution < 1.29 is 19.1 Å². The number of likely N-dealkylation sites (N-methyl/N-ethyl adjacent to an activating group) is 1. The number of hydrogen-bond acceptors (Lipinski definition) is 4. The van der Waals surface area contributed by atoms with E-state index in [0.29, 0.717) is 18.0 Å². The van der Waals surface area contributed by atoms with Gasteiger partial charge in [-0.15, -0.1) is 0 Å². The molecule has 7 heteroatoms. The van der Waals surface area contributed by atoms with E-state index in [1.54, 1.807) is 31.2 Å². The van der Waals surface area contributed by atoms with E-state index < -0.39 is 12.0 Å². The highest BCUT2D eigenvalue weighted by Gasteiger charge is 2.29. The maximum Gasteiger partial charge on any atom is 0.266 e. The van der Waals surface area contributed by atoms with Crippen LogP contribution in [-0.2, 0) is 14.4 Å². The summed E-state index contributed by atoms with van der Waals surface area (Å²) in [6, 6.07) is 7.00. The van der Waals surface area contributed by atoms with Gasteiger partial charge in [0.15, 0.2) is 6.10 Å². The number of para-hydroxylation sites is 2. The molecule has 1 aliphatic rings. The smallest absolute Gasteiger partial charge is 0.266 e. The Hall–Kier alpha value is -2.57. The van der Waals surface area contributed by atoms with Gasteiger partial charge in [-0.1, -0.05) is 12.1 Å². The second kappa shape index (κ2) is 6.74. The summed E-state index contributed by atoms with van der Waals surface area (Å²) in [5.41, 5.74) is 0.585. The van der Waals surface area contributed by atoms with Crippen LogP contribution in [0.25, 0.3) is 0 Å². The number of benzene rings is 1. The van der Waals surface area contributed by atoms with Crippen LogP contribution < -0.4 is 20.7 Å². The maximum absolute atomic E-state index is 11.8. The summed E-state index contributed by atoms with van der Waals surface area (Å²) in [4.78, 5) is 34.8. The zero-order chi connectivity index (χ0) is 15.2. The molecule has 0 unspecified atom stereocenters. The van der Waals surface area contributed by atoms with Gasteiger partial charge in [-0.25, -0.2) is 0 Å². The summed E-state index contributed by atoms with van der Waals surface area (Å²) in [5.74, 6) is -0.536. The molecule has 21 heavy (non-hydrogen) atoms. The van der Waals surface area contributed by atoms with Gasteiger partial charge in [-0.05, 0) is 19.1 Å². The van der Waals surface area contributed by atoms with Gasteiger partial charge in [-0.3, -0.25) is 14.4 Å². The van der Waals surface area contributed by atoms with Gasteiger partial charge in [0.25, 0.3) is 5.91 Å². The first kappa shape index (κ1) is 14.8. The third-order valence-electron chi connectivity index (χ3n) is 2.90.